The van der Waals surface area contributed by atoms with Gasteiger partial charge in [-0.15, -0.1) is 0 Å². The molecule has 2 rings (SSSR count). The molecule has 0 saturated carbocycles. The van der Waals surface area contributed by atoms with Crippen molar-refractivity contribution in [2.75, 3.05) is 25.5 Å². The summed E-state index contributed by atoms with van der Waals surface area (Å²) in [5.41, 5.74) is 0.0269. The van der Waals surface area contributed by atoms with E-state index in [1.165, 1.54) is 18.2 Å². The highest BCUT2D eigenvalue weighted by Gasteiger charge is 2.24. The Morgan fingerprint density at radius 3 is 2.52 bits per heavy atom. The minimum Gasteiger partial charge on any atom is -0.382 e. The number of hydrogen-bond acceptors (Lipinski definition) is 6. The summed E-state index contributed by atoms with van der Waals surface area (Å²) in [5, 5.41) is 19.2. The third-order valence-corrected chi connectivity index (χ3v) is 4.51. The molecule has 9 heteroatoms. The second-order valence-electron chi connectivity index (χ2n) is 5.21. The van der Waals surface area contributed by atoms with Crippen LogP contribution in [0.4, 0.5) is 11.4 Å². The van der Waals surface area contributed by atoms with Crippen LogP contribution in [0.5, 0.6) is 0 Å². The van der Waals surface area contributed by atoms with Gasteiger partial charge in [-0.3, -0.25) is 10.1 Å². The van der Waals surface area contributed by atoms with Gasteiger partial charge in [-0.1, -0.05) is 0 Å². The Kier molecular flexibility index (Phi) is 4.45. The van der Waals surface area contributed by atoms with Gasteiger partial charge in [0.15, 0.2) is 4.90 Å². The highest BCUT2D eigenvalue weighted by atomic mass is 32.2. The fourth-order valence-electron chi connectivity index (χ4n) is 2.38. The van der Waals surface area contributed by atoms with E-state index in [0.717, 1.165) is 25.9 Å². The number of nitrogens with two attached hydrogens (primary N) is 1. The molecule has 0 unspecified atom stereocenters. The number of likely N-dealkylation sites (tertiary alicyclic amines) is 1. The molecule has 0 atom stereocenters. The molecule has 1 aromatic carbocycles. The first-order valence-corrected chi connectivity index (χ1v) is 8.08. The van der Waals surface area contributed by atoms with Gasteiger partial charge in [0, 0.05) is 17.8 Å². The molecule has 116 valence electrons. The molecule has 21 heavy (non-hydrogen) atoms. The van der Waals surface area contributed by atoms with Gasteiger partial charge in [-0.2, -0.15) is 0 Å². The molecule has 1 aromatic rings. The lowest BCUT2D eigenvalue weighted by Crippen LogP contribution is -2.36. The third-order valence-electron chi connectivity index (χ3n) is 3.55. The van der Waals surface area contributed by atoms with Crippen LogP contribution in [0.2, 0.25) is 0 Å². The second-order valence-corrected chi connectivity index (χ2v) is 6.74. The maximum Gasteiger partial charge on any atom is 0.291 e. The number of rotatable bonds is 4. The molecule has 1 saturated heterocycles. The number of piperidine rings is 1. The number of nitrogens with zero attached hydrogens (tertiary/aromatic N) is 2. The van der Waals surface area contributed by atoms with E-state index in [4.69, 9.17) is 5.14 Å². The SMILES string of the molecule is CN1CCC(Nc2ccc(S(N)(=O)=O)c([N+](=O)[O-])c2)CC1. The maximum atomic E-state index is 11.3. The summed E-state index contributed by atoms with van der Waals surface area (Å²) in [7, 11) is -2.07. The predicted molar refractivity (Wildman–Crippen MR) is 78.6 cm³/mol. The molecule has 0 aliphatic carbocycles. The standard InChI is InChI=1S/C12H18N4O4S/c1-15-6-4-9(5-7-15)14-10-2-3-12(21(13,19)20)11(8-10)16(17)18/h2-3,8-9,14H,4-7H2,1H3,(H2,13,19,20). The fourth-order valence-corrected chi connectivity index (χ4v) is 3.06. The van der Waals surface area contributed by atoms with E-state index in [1.54, 1.807) is 0 Å². The van der Waals surface area contributed by atoms with Crippen LogP contribution in [-0.4, -0.2) is 44.4 Å². The number of primary sulfonamides is 1. The number of sulfonamides is 1. The number of benzene rings is 1. The number of nitrogens with one attached hydrogen (secondary N) is 1. The Labute approximate surface area is 123 Å². The molecule has 0 radical (unpaired) electrons. The van der Waals surface area contributed by atoms with Crippen molar-refractivity contribution in [2.24, 2.45) is 5.14 Å². The van der Waals surface area contributed by atoms with Crippen LogP contribution in [-0.2, 0) is 10.0 Å². The molecular formula is C12H18N4O4S. The Morgan fingerprint density at radius 1 is 1.38 bits per heavy atom. The molecule has 0 bridgehead atoms. The molecule has 8 nitrogen and oxygen atoms in total. The highest BCUT2D eigenvalue weighted by Crippen LogP contribution is 2.27. The number of nitro groups is 1. The van der Waals surface area contributed by atoms with E-state index in [2.05, 4.69) is 10.2 Å². The van der Waals surface area contributed by atoms with Crippen molar-refractivity contribution in [1.29, 1.82) is 0 Å². The lowest BCUT2D eigenvalue weighted by molar-refractivity contribution is -0.387. The Hall–Kier alpha value is -1.71. The van der Waals surface area contributed by atoms with Gasteiger partial charge in [0.2, 0.25) is 10.0 Å². The van der Waals surface area contributed by atoms with Gasteiger partial charge in [-0.05, 0) is 45.1 Å². The van der Waals surface area contributed by atoms with Gasteiger partial charge in [0.05, 0.1) is 4.92 Å². The summed E-state index contributed by atoms with van der Waals surface area (Å²) in [6.45, 7) is 1.91. The van der Waals surface area contributed by atoms with Gasteiger partial charge in [0.1, 0.15) is 0 Å². The molecule has 1 aliphatic rings. The van der Waals surface area contributed by atoms with Crippen LogP contribution in [0, 0.1) is 10.1 Å². The lowest BCUT2D eigenvalue weighted by atomic mass is 10.1. The fraction of sp³-hybridized carbons (Fsp3) is 0.500. The summed E-state index contributed by atoms with van der Waals surface area (Å²) < 4.78 is 22.7. The molecular weight excluding hydrogens is 296 g/mol. The van der Waals surface area contributed by atoms with Crippen molar-refractivity contribution in [1.82, 2.24) is 4.90 Å². The van der Waals surface area contributed by atoms with Crippen molar-refractivity contribution in [2.45, 2.75) is 23.8 Å². The van der Waals surface area contributed by atoms with E-state index in [1.807, 2.05) is 7.05 Å². The minimum atomic E-state index is -4.11. The molecule has 0 spiro atoms. The van der Waals surface area contributed by atoms with Crippen molar-refractivity contribution in [3.8, 4) is 0 Å². The normalized spacial score (nSPS) is 17.6. The second kappa shape index (κ2) is 5.96. The molecule has 0 amide bonds. The smallest absolute Gasteiger partial charge is 0.291 e. The Bertz CT molecular complexity index is 639. The minimum absolute atomic E-state index is 0.223. The van der Waals surface area contributed by atoms with E-state index < -0.39 is 25.5 Å². The summed E-state index contributed by atoms with van der Waals surface area (Å²) in [5.74, 6) is 0. The van der Waals surface area contributed by atoms with Gasteiger partial charge >= 0.3 is 0 Å². The van der Waals surface area contributed by atoms with Gasteiger partial charge in [-0.25, -0.2) is 13.6 Å². The zero-order valence-corrected chi connectivity index (χ0v) is 12.5. The third kappa shape index (κ3) is 3.90. The highest BCUT2D eigenvalue weighted by molar-refractivity contribution is 7.89. The molecule has 1 heterocycles. The van der Waals surface area contributed by atoms with Gasteiger partial charge < -0.3 is 10.2 Å². The molecule has 0 aromatic heterocycles. The summed E-state index contributed by atoms with van der Waals surface area (Å²) in [6, 6.07) is 4.12. The number of hydrogen-bond donors (Lipinski definition) is 2. The molecule has 1 fully saturated rings. The molecule has 3 N–H and O–H groups in total. The maximum absolute atomic E-state index is 11.3. The van der Waals surface area contributed by atoms with Crippen molar-refractivity contribution >= 4 is 21.4 Å². The van der Waals surface area contributed by atoms with E-state index in [9.17, 15) is 18.5 Å². The average molecular weight is 314 g/mol. The zero-order valence-electron chi connectivity index (χ0n) is 11.7. The van der Waals surface area contributed by atoms with E-state index in [0.29, 0.717) is 5.69 Å². The topological polar surface area (TPSA) is 119 Å². The van der Waals surface area contributed by atoms with Crippen LogP contribution in [0.15, 0.2) is 23.1 Å². The van der Waals surface area contributed by atoms with Crippen LogP contribution in [0.3, 0.4) is 0 Å². The zero-order chi connectivity index (χ0) is 15.6. The Balaban J connectivity index is 2.22. The summed E-state index contributed by atoms with van der Waals surface area (Å²) in [6.07, 6.45) is 1.86. The Morgan fingerprint density at radius 2 is 2.00 bits per heavy atom. The van der Waals surface area contributed by atoms with Crippen molar-refractivity contribution < 1.29 is 13.3 Å². The first-order valence-electron chi connectivity index (χ1n) is 6.53. The summed E-state index contributed by atoms with van der Waals surface area (Å²) in [4.78, 5) is 12.0. The van der Waals surface area contributed by atoms with Crippen molar-refractivity contribution in [3.05, 3.63) is 28.3 Å². The average Bonchev–Trinajstić information content (AvgIpc) is 2.40. The number of anilines is 1. The van der Waals surface area contributed by atoms with Crippen molar-refractivity contribution in [3.63, 3.8) is 0 Å². The van der Waals surface area contributed by atoms with Crippen LogP contribution in [0.25, 0.3) is 0 Å². The lowest BCUT2D eigenvalue weighted by Gasteiger charge is -2.30. The first-order chi connectivity index (χ1) is 9.77. The van der Waals surface area contributed by atoms with Crippen LogP contribution in [0.1, 0.15) is 12.8 Å². The predicted octanol–water partition coefficient (Wildman–Crippen LogP) is 0.748. The van der Waals surface area contributed by atoms with Crippen LogP contribution < -0.4 is 10.5 Å². The van der Waals surface area contributed by atoms with E-state index >= 15 is 0 Å². The monoisotopic (exact) mass is 314 g/mol. The van der Waals surface area contributed by atoms with Gasteiger partial charge in [0.25, 0.3) is 5.69 Å². The quantitative estimate of drug-likeness (QED) is 0.625. The van der Waals surface area contributed by atoms with E-state index in [-0.39, 0.29) is 6.04 Å². The largest absolute Gasteiger partial charge is 0.382 e. The van der Waals surface area contributed by atoms with Crippen LogP contribution >= 0.6 is 0 Å². The summed E-state index contributed by atoms with van der Waals surface area (Å²) >= 11 is 0. The first kappa shape index (κ1) is 15.7. The molecule has 1 aliphatic heterocycles. The number of nitro benzene ring substituents is 1.